The van der Waals surface area contributed by atoms with E-state index in [-0.39, 0.29) is 5.76 Å². The van der Waals surface area contributed by atoms with Gasteiger partial charge in [0, 0.05) is 0 Å². The number of carbonyl (C=O) groups excluding carboxylic acids is 1. The summed E-state index contributed by atoms with van der Waals surface area (Å²) in [6, 6.07) is 6.14. The van der Waals surface area contributed by atoms with Crippen LogP contribution >= 0.6 is 15.9 Å². The lowest BCUT2D eigenvalue weighted by molar-refractivity contribution is 0.0910. The molecule has 1 N–H and O–H groups in total. The molecule has 100 valence electrons. The van der Waals surface area contributed by atoms with Gasteiger partial charge in [-0.05, 0) is 52.7 Å². The minimum Gasteiger partial charge on any atom is -0.444 e. The van der Waals surface area contributed by atoms with Crippen LogP contribution in [0.2, 0.25) is 0 Å². The molecule has 1 atom stereocenters. The number of hydrogen-bond acceptors (Lipinski definition) is 2. The first-order chi connectivity index (χ1) is 8.97. The smallest absolute Gasteiger partial charge is 0.287 e. The maximum absolute atomic E-state index is 13.1. The van der Waals surface area contributed by atoms with Crippen LogP contribution in [0.5, 0.6) is 0 Å². The first-order valence-electron chi connectivity index (χ1n) is 5.48. The second-order valence-electron chi connectivity index (χ2n) is 3.97. The van der Waals surface area contributed by atoms with Gasteiger partial charge in [0.1, 0.15) is 0 Å². The summed E-state index contributed by atoms with van der Waals surface area (Å²) in [5, 5.41) is 2.63. The van der Waals surface area contributed by atoms with Crippen LogP contribution in [0.1, 0.15) is 29.1 Å². The van der Waals surface area contributed by atoms with Crippen molar-refractivity contribution in [1.82, 2.24) is 5.32 Å². The van der Waals surface area contributed by atoms with Crippen molar-refractivity contribution in [2.24, 2.45) is 0 Å². The van der Waals surface area contributed by atoms with Gasteiger partial charge in [0.25, 0.3) is 5.91 Å². The number of carbonyl (C=O) groups is 1. The monoisotopic (exact) mass is 329 g/mol. The average molecular weight is 330 g/mol. The van der Waals surface area contributed by atoms with E-state index < -0.39 is 23.6 Å². The summed E-state index contributed by atoms with van der Waals surface area (Å²) >= 11 is 3.09. The lowest BCUT2D eigenvalue weighted by Gasteiger charge is -2.13. The molecule has 1 amide bonds. The average Bonchev–Trinajstić information content (AvgIpc) is 2.79. The van der Waals surface area contributed by atoms with Crippen LogP contribution in [0, 0.1) is 11.6 Å². The molecule has 0 bridgehead atoms. The maximum Gasteiger partial charge on any atom is 0.287 e. The zero-order valence-electron chi connectivity index (χ0n) is 9.91. The molecule has 1 aromatic carbocycles. The van der Waals surface area contributed by atoms with Crippen molar-refractivity contribution in [3.8, 4) is 0 Å². The van der Waals surface area contributed by atoms with Gasteiger partial charge in [-0.2, -0.15) is 0 Å². The molecule has 1 heterocycles. The van der Waals surface area contributed by atoms with E-state index in [2.05, 4.69) is 21.2 Å². The topological polar surface area (TPSA) is 42.2 Å². The van der Waals surface area contributed by atoms with E-state index in [4.69, 9.17) is 4.42 Å². The zero-order chi connectivity index (χ0) is 14.0. The minimum atomic E-state index is -0.945. The molecule has 0 saturated heterocycles. The molecule has 0 aliphatic carbocycles. The molecular formula is C13H10BrF2NO2. The quantitative estimate of drug-likeness (QED) is 0.930. The van der Waals surface area contributed by atoms with E-state index in [1.54, 1.807) is 13.0 Å². The third-order valence-corrected chi connectivity index (χ3v) is 3.01. The molecule has 1 unspecified atom stereocenters. The Labute approximate surface area is 116 Å². The minimum absolute atomic E-state index is 0.140. The van der Waals surface area contributed by atoms with Crippen LogP contribution in [0.25, 0.3) is 0 Å². The normalized spacial score (nSPS) is 12.2. The zero-order valence-corrected chi connectivity index (χ0v) is 11.5. The predicted molar refractivity (Wildman–Crippen MR) is 68.6 cm³/mol. The van der Waals surface area contributed by atoms with E-state index in [1.807, 2.05) is 0 Å². The van der Waals surface area contributed by atoms with E-state index in [1.165, 1.54) is 12.1 Å². The highest BCUT2D eigenvalue weighted by Crippen LogP contribution is 2.18. The second-order valence-corrected chi connectivity index (χ2v) is 4.75. The molecule has 0 fully saturated rings. The summed E-state index contributed by atoms with van der Waals surface area (Å²) in [5.41, 5.74) is 0.470. The van der Waals surface area contributed by atoms with Crippen molar-refractivity contribution >= 4 is 21.8 Å². The molecule has 0 aliphatic heterocycles. The van der Waals surface area contributed by atoms with Gasteiger partial charge in [-0.1, -0.05) is 6.07 Å². The summed E-state index contributed by atoms with van der Waals surface area (Å²) in [6.07, 6.45) is 0. The summed E-state index contributed by atoms with van der Waals surface area (Å²) in [6.45, 7) is 1.67. The van der Waals surface area contributed by atoms with E-state index >= 15 is 0 Å². The van der Waals surface area contributed by atoms with Crippen molar-refractivity contribution in [1.29, 1.82) is 0 Å². The summed E-state index contributed by atoms with van der Waals surface area (Å²) < 4.78 is 31.4. The Kier molecular flexibility index (Phi) is 3.99. The molecule has 19 heavy (non-hydrogen) atoms. The molecule has 0 radical (unpaired) electrons. The van der Waals surface area contributed by atoms with Gasteiger partial charge in [-0.15, -0.1) is 0 Å². The molecule has 2 aromatic rings. The molecule has 1 aromatic heterocycles. The van der Waals surface area contributed by atoms with Crippen LogP contribution in [-0.4, -0.2) is 5.91 Å². The number of amides is 1. The highest BCUT2D eigenvalue weighted by atomic mass is 79.9. The Morgan fingerprint density at radius 1 is 1.26 bits per heavy atom. The fourth-order valence-electron chi connectivity index (χ4n) is 1.57. The Morgan fingerprint density at radius 3 is 2.58 bits per heavy atom. The molecular weight excluding hydrogens is 320 g/mol. The molecule has 0 spiro atoms. The summed E-state index contributed by atoms with van der Waals surface area (Å²) in [7, 11) is 0. The SMILES string of the molecule is CC(NC(=O)c1ccc(Br)o1)c1ccc(F)c(F)c1. The Morgan fingerprint density at radius 2 is 2.00 bits per heavy atom. The van der Waals surface area contributed by atoms with Crippen LogP contribution in [-0.2, 0) is 0 Å². The Hall–Kier alpha value is -1.69. The predicted octanol–water partition coefficient (Wildman–Crippen LogP) is 3.81. The second kappa shape index (κ2) is 5.52. The van der Waals surface area contributed by atoms with Crippen molar-refractivity contribution in [2.45, 2.75) is 13.0 Å². The fourth-order valence-corrected chi connectivity index (χ4v) is 1.88. The van der Waals surface area contributed by atoms with Gasteiger partial charge in [0.2, 0.25) is 0 Å². The maximum atomic E-state index is 13.1. The van der Waals surface area contributed by atoms with Gasteiger partial charge in [-0.3, -0.25) is 4.79 Å². The van der Waals surface area contributed by atoms with Crippen molar-refractivity contribution in [3.05, 3.63) is 58.0 Å². The van der Waals surface area contributed by atoms with Crippen molar-refractivity contribution < 1.29 is 18.0 Å². The standard InChI is InChI=1S/C13H10BrF2NO2/c1-7(8-2-3-9(15)10(16)6-8)17-13(18)11-4-5-12(14)19-11/h2-7H,1H3,(H,17,18). The fraction of sp³-hybridized carbons (Fsp3) is 0.154. The third-order valence-electron chi connectivity index (χ3n) is 2.59. The Balaban J connectivity index is 2.10. The highest BCUT2D eigenvalue weighted by molar-refractivity contribution is 9.10. The largest absolute Gasteiger partial charge is 0.444 e. The van der Waals surface area contributed by atoms with Crippen molar-refractivity contribution in [3.63, 3.8) is 0 Å². The van der Waals surface area contributed by atoms with Gasteiger partial charge in [0.05, 0.1) is 6.04 Å². The molecule has 3 nitrogen and oxygen atoms in total. The number of halogens is 3. The lowest BCUT2D eigenvalue weighted by atomic mass is 10.1. The molecule has 2 rings (SSSR count). The molecule has 0 aliphatic rings. The first kappa shape index (κ1) is 13.7. The first-order valence-corrected chi connectivity index (χ1v) is 6.28. The number of hydrogen-bond donors (Lipinski definition) is 1. The summed E-state index contributed by atoms with van der Waals surface area (Å²) in [5.74, 6) is -2.15. The number of rotatable bonds is 3. The molecule has 0 saturated carbocycles. The highest BCUT2D eigenvalue weighted by Gasteiger charge is 2.15. The van der Waals surface area contributed by atoms with Crippen LogP contribution in [0.15, 0.2) is 39.4 Å². The lowest BCUT2D eigenvalue weighted by Crippen LogP contribution is -2.26. The van der Waals surface area contributed by atoms with Gasteiger partial charge in [0.15, 0.2) is 22.1 Å². The van der Waals surface area contributed by atoms with Gasteiger partial charge < -0.3 is 9.73 Å². The van der Waals surface area contributed by atoms with Crippen LogP contribution in [0.3, 0.4) is 0 Å². The van der Waals surface area contributed by atoms with Crippen LogP contribution < -0.4 is 5.32 Å². The summed E-state index contributed by atoms with van der Waals surface area (Å²) in [4.78, 5) is 11.8. The van der Waals surface area contributed by atoms with E-state index in [0.717, 1.165) is 12.1 Å². The Bertz CT molecular complexity index is 612. The number of nitrogens with one attached hydrogen (secondary N) is 1. The third kappa shape index (κ3) is 3.20. The number of furan rings is 1. The molecule has 6 heteroatoms. The van der Waals surface area contributed by atoms with Crippen LogP contribution in [0.4, 0.5) is 8.78 Å². The van der Waals surface area contributed by atoms with E-state index in [9.17, 15) is 13.6 Å². The van der Waals surface area contributed by atoms with Crippen molar-refractivity contribution in [2.75, 3.05) is 0 Å². The van der Waals surface area contributed by atoms with Gasteiger partial charge >= 0.3 is 0 Å². The van der Waals surface area contributed by atoms with E-state index in [0.29, 0.717) is 10.2 Å². The van der Waals surface area contributed by atoms with Gasteiger partial charge in [-0.25, -0.2) is 8.78 Å². The number of benzene rings is 1.